The van der Waals surface area contributed by atoms with E-state index in [4.69, 9.17) is 30.3 Å². The van der Waals surface area contributed by atoms with Crippen LogP contribution in [0.4, 0.5) is 0 Å². The van der Waals surface area contributed by atoms with Crippen molar-refractivity contribution < 1.29 is 44.7 Å². The van der Waals surface area contributed by atoms with Crippen LogP contribution in [0.3, 0.4) is 0 Å². The van der Waals surface area contributed by atoms with Gasteiger partial charge in [-0.2, -0.15) is 0 Å². The summed E-state index contributed by atoms with van der Waals surface area (Å²) in [6.45, 7) is -0.250. The summed E-state index contributed by atoms with van der Waals surface area (Å²) in [7, 11) is 0. The Morgan fingerprint density at radius 1 is 1.00 bits per heavy atom. The third kappa shape index (κ3) is 11.7. The Balaban J connectivity index is -0.000000440. The summed E-state index contributed by atoms with van der Waals surface area (Å²) in [6.07, 6.45) is -2.29. The number of rotatable bonds is 5. The number of carbonyl (C=O) groups is 4. The predicted molar refractivity (Wildman–Crippen MR) is 52.9 cm³/mol. The molecule has 0 radical (unpaired) electrons. The van der Waals surface area contributed by atoms with E-state index < -0.39 is 36.4 Å². The quantitative estimate of drug-likeness (QED) is 0.276. The van der Waals surface area contributed by atoms with Gasteiger partial charge in [-0.15, -0.1) is 0 Å². The number of hydrogen-bond donors (Lipinski definition) is 5. The van der Waals surface area contributed by atoms with E-state index in [1.807, 2.05) is 0 Å². The Morgan fingerprint density at radius 3 is 1.35 bits per heavy atom. The molecule has 0 saturated heterocycles. The molecule has 5 N–H and O–H groups in total. The summed E-state index contributed by atoms with van der Waals surface area (Å²) >= 11 is 0. The molecule has 0 amide bonds. The number of aliphatic carboxylic acids is 3. The van der Waals surface area contributed by atoms with Gasteiger partial charge in [0.1, 0.15) is 0 Å². The van der Waals surface area contributed by atoms with Crippen LogP contribution < -0.4 is 0 Å². The van der Waals surface area contributed by atoms with E-state index in [0.29, 0.717) is 0 Å². The molecule has 17 heavy (non-hydrogen) atoms. The van der Waals surface area contributed by atoms with Crippen molar-refractivity contribution in [2.45, 2.75) is 18.4 Å². The van der Waals surface area contributed by atoms with Crippen LogP contribution in [0.15, 0.2) is 0 Å². The van der Waals surface area contributed by atoms with Crippen molar-refractivity contribution in [3.05, 3.63) is 0 Å². The molecule has 0 fully saturated rings. The summed E-state index contributed by atoms with van der Waals surface area (Å²) in [4.78, 5) is 38.8. The van der Waals surface area contributed by atoms with Crippen molar-refractivity contribution in [3.8, 4) is 0 Å². The zero-order valence-corrected chi connectivity index (χ0v) is 7.86. The molecule has 0 aliphatic rings. The molecular formula is C7H11KO9. The van der Waals surface area contributed by atoms with Crippen LogP contribution in [0.1, 0.15) is 12.8 Å². The summed E-state index contributed by atoms with van der Waals surface area (Å²) in [5.74, 6) is -5.02. The first-order chi connectivity index (χ1) is 7.19. The SMILES string of the molecule is O=C(O)CC(O)(CC(=O)O)C(=O)O.O=CO.[KH]. The minimum absolute atomic E-state index is 0. The van der Waals surface area contributed by atoms with Gasteiger partial charge in [-0.1, -0.05) is 0 Å². The van der Waals surface area contributed by atoms with Gasteiger partial charge in [0, 0.05) is 0 Å². The number of carboxylic acids is 3. The van der Waals surface area contributed by atoms with E-state index in [0.717, 1.165) is 0 Å². The van der Waals surface area contributed by atoms with E-state index >= 15 is 0 Å². The van der Waals surface area contributed by atoms with E-state index in [-0.39, 0.29) is 57.9 Å². The van der Waals surface area contributed by atoms with E-state index in [2.05, 4.69) is 0 Å². The molecule has 0 heterocycles. The standard InChI is InChI=1S/C6H8O7.CH2O2.K.H/c7-3(8)1-6(13,5(11)12)2-4(9)10;2-1-3;;/h13H,1-2H2,(H,7,8)(H,9,10)(H,11,12);1H,(H,2,3);;. The molecule has 0 aromatic carbocycles. The third-order valence-electron chi connectivity index (χ3n) is 1.29. The first-order valence-corrected chi connectivity index (χ1v) is 3.66. The maximum absolute atomic E-state index is 10.3. The zero-order valence-electron chi connectivity index (χ0n) is 7.86. The number of aliphatic hydroxyl groups is 1. The van der Waals surface area contributed by atoms with Crippen LogP contribution in [-0.4, -0.2) is 107 Å². The van der Waals surface area contributed by atoms with Crippen molar-refractivity contribution in [3.63, 3.8) is 0 Å². The van der Waals surface area contributed by atoms with Crippen LogP contribution in [0.25, 0.3) is 0 Å². The van der Waals surface area contributed by atoms with Crippen molar-refractivity contribution in [2.75, 3.05) is 0 Å². The van der Waals surface area contributed by atoms with Gasteiger partial charge in [0.25, 0.3) is 6.47 Å². The molecule has 0 bridgehead atoms. The van der Waals surface area contributed by atoms with Gasteiger partial charge >= 0.3 is 69.3 Å². The number of carboxylic acid groups (broad SMARTS) is 4. The van der Waals surface area contributed by atoms with Crippen LogP contribution in [0.2, 0.25) is 0 Å². The van der Waals surface area contributed by atoms with Gasteiger partial charge in [0.05, 0.1) is 12.8 Å². The van der Waals surface area contributed by atoms with Gasteiger partial charge in [0.2, 0.25) is 0 Å². The van der Waals surface area contributed by atoms with E-state index in [1.54, 1.807) is 0 Å². The second-order valence-electron chi connectivity index (χ2n) is 2.58. The van der Waals surface area contributed by atoms with Gasteiger partial charge < -0.3 is 25.5 Å². The first-order valence-electron chi connectivity index (χ1n) is 3.66. The molecule has 0 unspecified atom stereocenters. The Labute approximate surface area is 137 Å². The topological polar surface area (TPSA) is 169 Å². The average molecular weight is 278 g/mol. The molecule has 9 nitrogen and oxygen atoms in total. The molecule has 0 saturated carbocycles. The van der Waals surface area contributed by atoms with Crippen LogP contribution in [0, 0.1) is 0 Å². The van der Waals surface area contributed by atoms with Crippen LogP contribution >= 0.6 is 0 Å². The molecule has 0 aliphatic heterocycles. The minimum atomic E-state index is -2.74. The Bertz CT molecular complexity index is 271. The summed E-state index contributed by atoms with van der Waals surface area (Å²) in [5.41, 5.74) is -2.74. The molecule has 0 aromatic rings. The van der Waals surface area contributed by atoms with Crippen LogP contribution in [-0.2, 0) is 19.2 Å². The zero-order chi connectivity index (χ0) is 13.4. The molecule has 0 aromatic heterocycles. The second-order valence-corrected chi connectivity index (χ2v) is 2.58. The third-order valence-corrected chi connectivity index (χ3v) is 1.29. The van der Waals surface area contributed by atoms with Crippen molar-refractivity contribution >= 4 is 75.8 Å². The first kappa shape index (κ1) is 21.7. The molecule has 0 spiro atoms. The fraction of sp³-hybridized carbons (Fsp3) is 0.429. The second kappa shape index (κ2) is 10.6. The summed E-state index contributed by atoms with van der Waals surface area (Å²) < 4.78 is 0. The van der Waals surface area contributed by atoms with Gasteiger partial charge in [-0.3, -0.25) is 14.4 Å². The van der Waals surface area contributed by atoms with Gasteiger partial charge in [-0.25, -0.2) is 4.79 Å². The molecule has 10 heteroatoms. The fourth-order valence-electron chi connectivity index (χ4n) is 0.714. The number of hydrogen-bond acceptors (Lipinski definition) is 5. The monoisotopic (exact) mass is 278 g/mol. The normalized spacial score (nSPS) is 9.00. The van der Waals surface area contributed by atoms with E-state index in [9.17, 15) is 14.4 Å². The Morgan fingerprint density at radius 2 is 1.24 bits per heavy atom. The van der Waals surface area contributed by atoms with Crippen molar-refractivity contribution in [1.82, 2.24) is 0 Å². The average Bonchev–Trinajstić information content (AvgIpc) is 2.01. The molecule has 94 valence electrons. The Kier molecular flexibility index (Phi) is 13.6. The molecule has 0 atom stereocenters. The fourth-order valence-corrected chi connectivity index (χ4v) is 0.714. The van der Waals surface area contributed by atoms with Gasteiger partial charge in [0.15, 0.2) is 5.60 Å². The van der Waals surface area contributed by atoms with Crippen molar-refractivity contribution in [1.29, 1.82) is 0 Å². The summed E-state index contributed by atoms with van der Waals surface area (Å²) in [5, 5.41) is 40.7. The molecule has 0 rings (SSSR count). The summed E-state index contributed by atoms with van der Waals surface area (Å²) in [6, 6.07) is 0. The molecular weight excluding hydrogens is 267 g/mol. The molecule has 0 aliphatic carbocycles. The van der Waals surface area contributed by atoms with E-state index in [1.165, 1.54) is 0 Å². The van der Waals surface area contributed by atoms with Crippen molar-refractivity contribution in [2.24, 2.45) is 0 Å². The Hall–Kier alpha value is -0.524. The predicted octanol–water partition coefficient (Wildman–Crippen LogP) is -2.20. The van der Waals surface area contributed by atoms with Crippen LogP contribution in [0.5, 0.6) is 0 Å². The maximum atomic E-state index is 10.3. The van der Waals surface area contributed by atoms with Gasteiger partial charge in [-0.05, 0) is 0 Å².